The van der Waals surface area contributed by atoms with E-state index in [9.17, 15) is 4.79 Å². The third-order valence-corrected chi connectivity index (χ3v) is 4.47. The van der Waals surface area contributed by atoms with Crippen LogP contribution in [0.2, 0.25) is 0 Å². The van der Waals surface area contributed by atoms with Gasteiger partial charge in [-0.1, -0.05) is 26.8 Å². The van der Waals surface area contributed by atoms with Gasteiger partial charge in [0.15, 0.2) is 11.5 Å². The van der Waals surface area contributed by atoms with Crippen LogP contribution in [0.3, 0.4) is 0 Å². The maximum atomic E-state index is 12.7. The van der Waals surface area contributed by atoms with Crippen molar-refractivity contribution in [3.8, 4) is 11.5 Å². The van der Waals surface area contributed by atoms with E-state index in [2.05, 4.69) is 29.2 Å². The minimum atomic E-state index is -0.210. The molecule has 0 spiro atoms. The first-order valence-corrected chi connectivity index (χ1v) is 9.07. The zero-order valence-corrected chi connectivity index (χ0v) is 15.5. The van der Waals surface area contributed by atoms with E-state index in [0.29, 0.717) is 19.8 Å². The fourth-order valence-electron chi connectivity index (χ4n) is 2.99. The van der Waals surface area contributed by atoms with E-state index in [4.69, 9.17) is 9.47 Å². The van der Waals surface area contributed by atoms with Crippen LogP contribution < -0.4 is 14.8 Å². The maximum Gasteiger partial charge on any atom is 0.225 e. The molecule has 140 valence electrons. The van der Waals surface area contributed by atoms with Gasteiger partial charge in [-0.2, -0.15) is 5.10 Å². The number of ether oxygens (including phenoxy) is 2. The molecule has 7 heteroatoms. The van der Waals surface area contributed by atoms with E-state index in [0.717, 1.165) is 23.5 Å². The highest BCUT2D eigenvalue weighted by Gasteiger charge is 2.23. The molecule has 0 fully saturated rings. The topological polar surface area (TPSA) is 78.3 Å². The molecule has 1 aliphatic rings. The van der Waals surface area contributed by atoms with Crippen molar-refractivity contribution in [3.63, 3.8) is 0 Å². The standard InChI is InChI=1S/C19H26N4O3/c1-13(2)18(22-19(24)14(3)10-23-12-20-11-21-23)15-5-6-16-17(9-15)26-8-4-7-25-16/h5-6,9,11-14,18H,4,7-8,10H2,1-3H3,(H,22,24)/t14-,18-/m0/s1. The summed E-state index contributed by atoms with van der Waals surface area (Å²) in [5.41, 5.74) is 1.02. The van der Waals surface area contributed by atoms with Gasteiger partial charge in [0.1, 0.15) is 12.7 Å². The summed E-state index contributed by atoms with van der Waals surface area (Å²) in [4.78, 5) is 16.6. The number of aromatic nitrogens is 3. The number of carbonyl (C=O) groups is 1. The summed E-state index contributed by atoms with van der Waals surface area (Å²) >= 11 is 0. The zero-order chi connectivity index (χ0) is 18.5. The number of hydrogen-bond donors (Lipinski definition) is 1. The average Bonchev–Trinajstić information content (AvgIpc) is 3.01. The second-order valence-corrected chi connectivity index (χ2v) is 7.01. The molecule has 1 N–H and O–H groups in total. The molecule has 7 nitrogen and oxygen atoms in total. The Morgan fingerprint density at radius 2 is 2.00 bits per heavy atom. The van der Waals surface area contributed by atoms with Crippen molar-refractivity contribution >= 4 is 5.91 Å². The number of rotatable bonds is 6. The van der Waals surface area contributed by atoms with Gasteiger partial charge < -0.3 is 14.8 Å². The number of nitrogens with zero attached hydrogens (tertiary/aromatic N) is 3. The Balaban J connectivity index is 1.72. The van der Waals surface area contributed by atoms with Crippen LogP contribution in [0, 0.1) is 11.8 Å². The van der Waals surface area contributed by atoms with Gasteiger partial charge in [-0.25, -0.2) is 4.98 Å². The fourth-order valence-corrected chi connectivity index (χ4v) is 2.99. The van der Waals surface area contributed by atoms with Crippen LogP contribution in [-0.4, -0.2) is 33.9 Å². The van der Waals surface area contributed by atoms with Crippen LogP contribution in [0.25, 0.3) is 0 Å². The molecule has 1 aliphatic heterocycles. The van der Waals surface area contributed by atoms with Gasteiger partial charge in [-0.05, 0) is 23.6 Å². The molecule has 3 rings (SSSR count). The molecular formula is C19H26N4O3. The molecule has 1 aromatic carbocycles. The van der Waals surface area contributed by atoms with Crippen molar-refractivity contribution in [2.24, 2.45) is 11.8 Å². The first-order chi connectivity index (χ1) is 12.5. The highest BCUT2D eigenvalue weighted by molar-refractivity contribution is 5.78. The van der Waals surface area contributed by atoms with E-state index in [1.54, 1.807) is 11.0 Å². The third-order valence-electron chi connectivity index (χ3n) is 4.47. The Hall–Kier alpha value is -2.57. The fraction of sp³-hybridized carbons (Fsp3) is 0.526. The van der Waals surface area contributed by atoms with Crippen LogP contribution in [0.4, 0.5) is 0 Å². The monoisotopic (exact) mass is 358 g/mol. The summed E-state index contributed by atoms with van der Waals surface area (Å²) in [5.74, 6) is 1.53. The second-order valence-electron chi connectivity index (χ2n) is 7.01. The van der Waals surface area contributed by atoms with Crippen molar-refractivity contribution in [2.45, 2.75) is 39.8 Å². The maximum absolute atomic E-state index is 12.7. The van der Waals surface area contributed by atoms with Gasteiger partial charge in [0.05, 0.1) is 31.7 Å². The highest BCUT2D eigenvalue weighted by atomic mass is 16.5. The summed E-state index contributed by atoms with van der Waals surface area (Å²) in [6.07, 6.45) is 3.96. The molecule has 0 aliphatic carbocycles. The molecule has 0 radical (unpaired) electrons. The first kappa shape index (κ1) is 18.2. The van der Waals surface area contributed by atoms with E-state index in [1.165, 1.54) is 6.33 Å². The van der Waals surface area contributed by atoms with Crippen molar-refractivity contribution in [1.82, 2.24) is 20.1 Å². The molecular weight excluding hydrogens is 332 g/mol. The van der Waals surface area contributed by atoms with Gasteiger partial charge in [-0.15, -0.1) is 0 Å². The molecule has 2 heterocycles. The van der Waals surface area contributed by atoms with Gasteiger partial charge in [-0.3, -0.25) is 9.48 Å². The number of benzene rings is 1. The molecule has 2 atom stereocenters. The Morgan fingerprint density at radius 1 is 1.23 bits per heavy atom. The first-order valence-electron chi connectivity index (χ1n) is 9.07. The normalized spacial score (nSPS) is 16.0. The number of fused-ring (bicyclic) bond motifs is 1. The van der Waals surface area contributed by atoms with Gasteiger partial charge in [0.25, 0.3) is 0 Å². The summed E-state index contributed by atoms with van der Waals surface area (Å²) in [6, 6.07) is 5.81. The SMILES string of the molecule is CC(C)[C@H](NC(=O)[C@@H](C)Cn1cncn1)c1ccc2c(c1)OCCCO2. The van der Waals surface area contributed by atoms with Crippen LogP contribution in [0.1, 0.15) is 38.8 Å². The second kappa shape index (κ2) is 8.21. The summed E-state index contributed by atoms with van der Waals surface area (Å²) in [5, 5.41) is 7.23. The minimum Gasteiger partial charge on any atom is -0.490 e. The Kier molecular flexibility index (Phi) is 5.75. The predicted molar refractivity (Wildman–Crippen MR) is 97.0 cm³/mol. The lowest BCUT2D eigenvalue weighted by atomic mass is 9.95. The van der Waals surface area contributed by atoms with Crippen LogP contribution >= 0.6 is 0 Å². The van der Waals surface area contributed by atoms with Crippen molar-refractivity contribution in [3.05, 3.63) is 36.4 Å². The van der Waals surface area contributed by atoms with Crippen LogP contribution in [0.5, 0.6) is 11.5 Å². The smallest absolute Gasteiger partial charge is 0.225 e. The molecule has 26 heavy (non-hydrogen) atoms. The summed E-state index contributed by atoms with van der Waals surface area (Å²) < 4.78 is 13.1. The Labute approximate surface area is 153 Å². The summed E-state index contributed by atoms with van der Waals surface area (Å²) in [7, 11) is 0. The number of nitrogens with one attached hydrogen (secondary N) is 1. The molecule has 1 amide bonds. The van der Waals surface area contributed by atoms with Gasteiger partial charge >= 0.3 is 0 Å². The van der Waals surface area contributed by atoms with Crippen molar-refractivity contribution < 1.29 is 14.3 Å². The Morgan fingerprint density at radius 3 is 2.69 bits per heavy atom. The average molecular weight is 358 g/mol. The molecule has 0 bridgehead atoms. The molecule has 2 aromatic rings. The lowest BCUT2D eigenvalue weighted by Crippen LogP contribution is -2.36. The summed E-state index contributed by atoms with van der Waals surface area (Å²) in [6.45, 7) is 7.88. The van der Waals surface area contributed by atoms with E-state index in [-0.39, 0.29) is 23.8 Å². The van der Waals surface area contributed by atoms with Crippen LogP contribution in [-0.2, 0) is 11.3 Å². The minimum absolute atomic E-state index is 0.00805. The van der Waals surface area contributed by atoms with Gasteiger partial charge in [0.2, 0.25) is 5.91 Å². The number of carbonyl (C=O) groups excluding carboxylic acids is 1. The highest BCUT2D eigenvalue weighted by Crippen LogP contribution is 2.34. The Bertz CT molecular complexity index is 730. The number of hydrogen-bond acceptors (Lipinski definition) is 5. The quantitative estimate of drug-likeness (QED) is 0.859. The van der Waals surface area contributed by atoms with Crippen molar-refractivity contribution in [2.75, 3.05) is 13.2 Å². The molecule has 0 saturated heterocycles. The molecule has 1 aromatic heterocycles. The van der Waals surface area contributed by atoms with Crippen molar-refractivity contribution in [1.29, 1.82) is 0 Å². The molecule has 0 unspecified atom stereocenters. The number of amides is 1. The predicted octanol–water partition coefficient (Wildman–Crippen LogP) is 2.59. The largest absolute Gasteiger partial charge is 0.490 e. The van der Waals surface area contributed by atoms with E-state index < -0.39 is 0 Å². The van der Waals surface area contributed by atoms with E-state index >= 15 is 0 Å². The third kappa shape index (κ3) is 4.33. The van der Waals surface area contributed by atoms with Gasteiger partial charge in [0, 0.05) is 6.42 Å². The zero-order valence-electron chi connectivity index (χ0n) is 15.5. The van der Waals surface area contributed by atoms with Crippen LogP contribution in [0.15, 0.2) is 30.9 Å². The molecule has 0 saturated carbocycles. The van der Waals surface area contributed by atoms with E-state index in [1.807, 2.05) is 25.1 Å². The lowest BCUT2D eigenvalue weighted by Gasteiger charge is -2.25. The lowest BCUT2D eigenvalue weighted by molar-refractivity contribution is -0.126.